The number of rotatable bonds is 8. The summed E-state index contributed by atoms with van der Waals surface area (Å²) in [5, 5.41) is 12.4. The Bertz CT molecular complexity index is 1400. The van der Waals surface area contributed by atoms with Crippen molar-refractivity contribution in [3.05, 3.63) is 94.0 Å². The molecule has 0 spiro atoms. The lowest BCUT2D eigenvalue weighted by Gasteiger charge is -2.19. The Labute approximate surface area is 195 Å². The molecule has 4 rings (SSSR count). The van der Waals surface area contributed by atoms with Crippen molar-refractivity contribution in [1.29, 1.82) is 0 Å². The van der Waals surface area contributed by atoms with Crippen molar-refractivity contribution in [2.45, 2.75) is 6.54 Å². The van der Waals surface area contributed by atoms with Gasteiger partial charge in [0.25, 0.3) is 0 Å². The van der Waals surface area contributed by atoms with E-state index in [0.29, 0.717) is 5.52 Å². The number of hydrogen-bond acceptors (Lipinski definition) is 5. The number of pyridine rings is 1. The van der Waals surface area contributed by atoms with Gasteiger partial charge in [0.05, 0.1) is 18.0 Å². The van der Waals surface area contributed by atoms with Crippen LogP contribution >= 0.6 is 0 Å². The van der Waals surface area contributed by atoms with Gasteiger partial charge in [0.1, 0.15) is 11.3 Å². The number of aromatic carboxylic acids is 1. The summed E-state index contributed by atoms with van der Waals surface area (Å²) in [6.07, 6.45) is 1.27. The Balaban J connectivity index is 1.87. The summed E-state index contributed by atoms with van der Waals surface area (Å²) >= 11 is 0. The number of hydrogen-bond donors (Lipinski definition) is 3. The maximum atomic E-state index is 14.9. The number of aromatic nitrogens is 1. The minimum absolute atomic E-state index is 0.0658. The van der Waals surface area contributed by atoms with Crippen LogP contribution in [0.1, 0.15) is 15.9 Å². The van der Waals surface area contributed by atoms with Gasteiger partial charge in [0.15, 0.2) is 11.6 Å². The van der Waals surface area contributed by atoms with Gasteiger partial charge in [-0.3, -0.25) is 4.79 Å². The lowest BCUT2D eigenvalue weighted by atomic mass is 10.0. The molecule has 0 amide bonds. The summed E-state index contributed by atoms with van der Waals surface area (Å²) in [6.45, 7) is 0.792. The molecule has 0 saturated heterocycles. The fraction of sp³-hybridized carbons (Fsp3) is 0.154. The summed E-state index contributed by atoms with van der Waals surface area (Å²) in [4.78, 5) is 24.6. The highest BCUT2D eigenvalue weighted by Gasteiger charge is 2.22. The zero-order valence-electron chi connectivity index (χ0n) is 18.5. The first kappa shape index (κ1) is 23.0. The van der Waals surface area contributed by atoms with Crippen LogP contribution < -0.4 is 21.2 Å². The highest BCUT2D eigenvalue weighted by molar-refractivity contribution is 5.96. The summed E-state index contributed by atoms with van der Waals surface area (Å²) < 4.78 is 22.0. The van der Waals surface area contributed by atoms with Gasteiger partial charge < -0.3 is 25.5 Å². The summed E-state index contributed by atoms with van der Waals surface area (Å²) in [5.41, 5.74) is 7.66. The first-order valence-electron chi connectivity index (χ1n) is 10.7. The van der Waals surface area contributed by atoms with Crippen LogP contribution in [0.15, 0.2) is 71.7 Å². The van der Waals surface area contributed by atoms with E-state index < -0.39 is 22.8 Å². The lowest BCUT2D eigenvalue weighted by molar-refractivity contribution is 0.0695. The second kappa shape index (κ2) is 9.76. The Kier molecular flexibility index (Phi) is 6.60. The van der Waals surface area contributed by atoms with Crippen molar-refractivity contribution in [3.8, 4) is 16.9 Å². The topological polar surface area (TPSA) is 107 Å². The van der Waals surface area contributed by atoms with Crippen molar-refractivity contribution in [3.63, 3.8) is 0 Å². The molecule has 8 heteroatoms. The first-order chi connectivity index (χ1) is 16.4. The largest absolute Gasteiger partial charge is 0.492 e. The standard InChI is InChI=1S/C26H24FN3O4/c1-34-25-22(29-12-11-28)21(27)13-19-23(25)30(15-20(24(19)31)26(32)33)14-16-7-9-18(10-8-16)17-5-3-2-4-6-17/h2-10,13,15,29H,11-12,14,28H2,1H3,(H,32,33). The monoisotopic (exact) mass is 461 g/mol. The summed E-state index contributed by atoms with van der Waals surface area (Å²) in [6, 6.07) is 18.7. The number of carboxylic acid groups (broad SMARTS) is 1. The Morgan fingerprint density at radius 3 is 2.41 bits per heavy atom. The number of carboxylic acids is 1. The van der Waals surface area contributed by atoms with Crippen LogP contribution in [0.25, 0.3) is 22.0 Å². The van der Waals surface area contributed by atoms with Gasteiger partial charge in [-0.2, -0.15) is 0 Å². The number of benzene rings is 3. The molecular weight excluding hydrogens is 437 g/mol. The number of carbonyl (C=O) groups is 1. The molecule has 174 valence electrons. The highest BCUT2D eigenvalue weighted by Crippen LogP contribution is 2.36. The molecule has 4 N–H and O–H groups in total. The quantitative estimate of drug-likeness (QED) is 0.367. The molecular formula is C26H24FN3O4. The molecule has 0 aliphatic heterocycles. The van der Waals surface area contributed by atoms with Crippen molar-refractivity contribution >= 4 is 22.6 Å². The van der Waals surface area contributed by atoms with E-state index in [1.807, 2.05) is 54.6 Å². The van der Waals surface area contributed by atoms with Crippen LogP contribution in [-0.4, -0.2) is 35.8 Å². The van der Waals surface area contributed by atoms with E-state index in [1.54, 1.807) is 4.57 Å². The second-order valence-corrected chi connectivity index (χ2v) is 7.75. The van der Waals surface area contributed by atoms with Crippen LogP contribution in [0.2, 0.25) is 0 Å². The Morgan fingerprint density at radius 1 is 1.12 bits per heavy atom. The van der Waals surface area contributed by atoms with E-state index >= 15 is 0 Å². The molecule has 0 unspecified atom stereocenters. The Morgan fingerprint density at radius 2 is 1.79 bits per heavy atom. The zero-order chi connectivity index (χ0) is 24.2. The molecule has 4 aromatic rings. The van der Waals surface area contributed by atoms with Gasteiger partial charge in [-0.05, 0) is 22.8 Å². The molecule has 0 bridgehead atoms. The van der Waals surface area contributed by atoms with Crippen molar-refractivity contribution in [2.75, 3.05) is 25.5 Å². The normalized spacial score (nSPS) is 10.9. The first-order valence-corrected chi connectivity index (χ1v) is 10.7. The third-order valence-electron chi connectivity index (χ3n) is 5.56. The minimum atomic E-state index is -1.38. The molecule has 0 radical (unpaired) electrons. The number of halogens is 1. The fourth-order valence-electron chi connectivity index (χ4n) is 3.97. The number of nitrogens with zero attached hydrogens (tertiary/aromatic N) is 1. The highest BCUT2D eigenvalue weighted by atomic mass is 19.1. The predicted octanol–water partition coefficient (Wildman–Crippen LogP) is 3.93. The third kappa shape index (κ3) is 4.35. The minimum Gasteiger partial charge on any atom is -0.492 e. The van der Waals surface area contributed by atoms with Crippen molar-refractivity contribution in [2.24, 2.45) is 5.73 Å². The molecule has 34 heavy (non-hydrogen) atoms. The average Bonchev–Trinajstić information content (AvgIpc) is 2.85. The summed E-state index contributed by atoms with van der Waals surface area (Å²) in [5.74, 6) is -2.00. The molecule has 0 aliphatic rings. The van der Waals surface area contributed by atoms with Gasteiger partial charge >= 0.3 is 5.97 Å². The second-order valence-electron chi connectivity index (χ2n) is 7.75. The number of anilines is 1. The van der Waals surface area contributed by atoms with Gasteiger partial charge in [-0.1, -0.05) is 54.6 Å². The SMILES string of the molecule is COc1c(NCCN)c(F)cc2c(=O)c(C(=O)O)cn(Cc3ccc(-c4ccccc4)cc3)c12. The van der Waals surface area contributed by atoms with Gasteiger partial charge in [0, 0.05) is 25.8 Å². The van der Waals surface area contributed by atoms with Crippen molar-refractivity contribution < 1.29 is 19.0 Å². The lowest BCUT2D eigenvalue weighted by Crippen LogP contribution is -2.21. The Hall–Kier alpha value is -4.17. The van der Waals surface area contributed by atoms with Crippen molar-refractivity contribution in [1.82, 2.24) is 4.57 Å². The number of fused-ring (bicyclic) bond motifs is 1. The molecule has 0 saturated carbocycles. The zero-order valence-corrected chi connectivity index (χ0v) is 18.5. The van der Waals surface area contributed by atoms with Gasteiger partial charge in [-0.25, -0.2) is 9.18 Å². The molecule has 0 atom stereocenters. The molecule has 3 aromatic carbocycles. The van der Waals surface area contributed by atoms with Crippen LogP contribution in [0.5, 0.6) is 5.75 Å². The van der Waals surface area contributed by atoms with E-state index in [0.717, 1.165) is 22.8 Å². The maximum absolute atomic E-state index is 14.9. The number of nitrogens with two attached hydrogens (primary N) is 1. The predicted molar refractivity (Wildman–Crippen MR) is 130 cm³/mol. The molecule has 0 fully saturated rings. The maximum Gasteiger partial charge on any atom is 0.341 e. The van der Waals surface area contributed by atoms with Crippen LogP contribution in [0.4, 0.5) is 10.1 Å². The molecule has 1 aromatic heterocycles. The van der Waals surface area contributed by atoms with E-state index in [2.05, 4.69) is 5.32 Å². The average molecular weight is 461 g/mol. The third-order valence-corrected chi connectivity index (χ3v) is 5.56. The number of ether oxygens (including phenoxy) is 1. The van der Waals surface area contributed by atoms with E-state index in [-0.39, 0.29) is 36.5 Å². The summed E-state index contributed by atoms with van der Waals surface area (Å²) in [7, 11) is 1.37. The molecule has 0 aliphatic carbocycles. The fourth-order valence-corrected chi connectivity index (χ4v) is 3.97. The van der Waals surface area contributed by atoms with Crippen LogP contribution in [0, 0.1) is 5.82 Å². The molecule has 7 nitrogen and oxygen atoms in total. The van der Waals surface area contributed by atoms with E-state index in [9.17, 15) is 19.1 Å². The van der Waals surface area contributed by atoms with Crippen LogP contribution in [-0.2, 0) is 6.54 Å². The van der Waals surface area contributed by atoms with Crippen LogP contribution in [0.3, 0.4) is 0 Å². The number of nitrogens with one attached hydrogen (secondary N) is 1. The molecule has 1 heterocycles. The van der Waals surface area contributed by atoms with Gasteiger partial charge in [0.2, 0.25) is 5.43 Å². The van der Waals surface area contributed by atoms with E-state index in [4.69, 9.17) is 10.5 Å². The van der Waals surface area contributed by atoms with E-state index in [1.165, 1.54) is 13.3 Å². The number of methoxy groups -OCH3 is 1. The smallest absolute Gasteiger partial charge is 0.341 e. The van der Waals surface area contributed by atoms with Gasteiger partial charge in [-0.15, -0.1) is 0 Å².